The fraction of sp³-hybridized carbons (Fsp3) is 0.273. The van der Waals surface area contributed by atoms with Gasteiger partial charge in [-0.3, -0.25) is 14.9 Å². The third kappa shape index (κ3) is 3.18. The van der Waals surface area contributed by atoms with E-state index in [1.807, 2.05) is 6.07 Å². The Morgan fingerprint density at radius 3 is 2.72 bits per heavy atom. The zero-order chi connectivity index (χ0) is 13.7. The third-order valence-corrected chi connectivity index (χ3v) is 2.49. The molecule has 0 spiro atoms. The van der Waals surface area contributed by atoms with Gasteiger partial charge in [0.2, 0.25) is 0 Å². The van der Waals surface area contributed by atoms with E-state index in [1.54, 1.807) is 6.92 Å². The van der Waals surface area contributed by atoms with Crippen molar-refractivity contribution in [3.8, 4) is 6.07 Å². The molecule has 0 radical (unpaired) electrons. The number of nitro groups is 1. The van der Waals surface area contributed by atoms with Gasteiger partial charge < -0.3 is 4.90 Å². The first-order valence-corrected chi connectivity index (χ1v) is 5.48. The van der Waals surface area contributed by atoms with Gasteiger partial charge >= 0.3 is 0 Å². The average Bonchev–Trinajstić information content (AvgIpc) is 2.34. The highest BCUT2D eigenvalue weighted by atomic mass is 35.5. The van der Waals surface area contributed by atoms with E-state index in [9.17, 15) is 14.9 Å². The molecule has 0 saturated carbocycles. The summed E-state index contributed by atoms with van der Waals surface area (Å²) in [6.45, 7) is 1.98. The van der Waals surface area contributed by atoms with Crippen LogP contribution in [0.1, 0.15) is 17.3 Å². The van der Waals surface area contributed by atoms with E-state index in [-0.39, 0.29) is 22.8 Å². The van der Waals surface area contributed by atoms with Gasteiger partial charge in [-0.15, -0.1) is 0 Å². The van der Waals surface area contributed by atoms with Gasteiger partial charge in [0.05, 0.1) is 11.0 Å². The Morgan fingerprint density at radius 2 is 2.22 bits per heavy atom. The van der Waals surface area contributed by atoms with Crippen LogP contribution in [0.15, 0.2) is 18.2 Å². The predicted octanol–water partition coefficient (Wildman–Crippen LogP) is 2.23. The smallest absolute Gasteiger partial charge is 0.271 e. The minimum absolute atomic E-state index is 0.0738. The first-order valence-electron chi connectivity index (χ1n) is 5.10. The Bertz CT molecular complexity index is 525. The SMILES string of the molecule is CCN(CC#N)C(=O)c1cc(Cl)cc([N+](=O)[O-])c1. The molecule has 0 unspecified atom stereocenters. The summed E-state index contributed by atoms with van der Waals surface area (Å²) in [6.07, 6.45) is 0. The highest BCUT2D eigenvalue weighted by Gasteiger charge is 2.18. The van der Waals surface area contributed by atoms with Crippen LogP contribution in [0.3, 0.4) is 0 Å². The summed E-state index contributed by atoms with van der Waals surface area (Å²) in [6, 6.07) is 5.52. The van der Waals surface area contributed by atoms with Gasteiger partial charge in [0, 0.05) is 29.3 Å². The number of halogens is 1. The molecular formula is C11H10ClN3O3. The highest BCUT2D eigenvalue weighted by molar-refractivity contribution is 6.31. The summed E-state index contributed by atoms with van der Waals surface area (Å²) in [5, 5.41) is 19.4. The molecule has 1 amide bonds. The number of nitriles is 1. The number of carbonyl (C=O) groups excluding carboxylic acids is 1. The van der Waals surface area contributed by atoms with Crippen LogP contribution in [-0.2, 0) is 0 Å². The zero-order valence-corrected chi connectivity index (χ0v) is 10.3. The average molecular weight is 268 g/mol. The van der Waals surface area contributed by atoms with E-state index in [4.69, 9.17) is 16.9 Å². The molecule has 0 N–H and O–H groups in total. The maximum absolute atomic E-state index is 12.0. The van der Waals surface area contributed by atoms with Crippen LogP contribution in [0.5, 0.6) is 0 Å². The van der Waals surface area contributed by atoms with Crippen LogP contribution < -0.4 is 0 Å². The van der Waals surface area contributed by atoms with Crippen LogP contribution in [0.4, 0.5) is 5.69 Å². The second-order valence-corrected chi connectivity index (χ2v) is 3.87. The molecule has 0 saturated heterocycles. The van der Waals surface area contributed by atoms with Crippen molar-refractivity contribution in [2.75, 3.05) is 13.1 Å². The van der Waals surface area contributed by atoms with Gasteiger partial charge in [-0.25, -0.2) is 0 Å². The molecule has 0 fully saturated rings. The molecular weight excluding hydrogens is 258 g/mol. The second kappa shape index (κ2) is 5.98. The Morgan fingerprint density at radius 1 is 1.56 bits per heavy atom. The van der Waals surface area contributed by atoms with Gasteiger partial charge in [0.25, 0.3) is 11.6 Å². The quantitative estimate of drug-likeness (QED) is 0.475. The number of nitrogens with zero attached hydrogens (tertiary/aromatic N) is 3. The molecule has 0 aliphatic heterocycles. The molecule has 0 heterocycles. The summed E-state index contributed by atoms with van der Waals surface area (Å²) >= 11 is 5.72. The number of hydrogen-bond acceptors (Lipinski definition) is 4. The van der Waals surface area contributed by atoms with Crippen LogP contribution in [0.2, 0.25) is 5.02 Å². The number of benzene rings is 1. The first-order chi connectivity index (χ1) is 8.49. The number of non-ortho nitro benzene ring substituents is 1. The van der Waals surface area contributed by atoms with Crippen molar-refractivity contribution in [3.63, 3.8) is 0 Å². The Hall–Kier alpha value is -2.13. The van der Waals surface area contributed by atoms with E-state index in [1.165, 1.54) is 17.0 Å². The molecule has 0 aliphatic carbocycles. The van der Waals surface area contributed by atoms with E-state index in [2.05, 4.69) is 0 Å². The standard InChI is InChI=1S/C11H10ClN3O3/c1-2-14(4-3-13)11(16)8-5-9(12)7-10(6-8)15(17)18/h5-7H,2,4H2,1H3. The van der Waals surface area contributed by atoms with Crippen LogP contribution in [0.25, 0.3) is 0 Å². The van der Waals surface area contributed by atoms with Gasteiger partial charge in [-0.2, -0.15) is 5.26 Å². The number of nitro benzene ring substituents is 1. The Balaban J connectivity index is 3.13. The van der Waals surface area contributed by atoms with Crippen molar-refractivity contribution in [1.29, 1.82) is 5.26 Å². The van der Waals surface area contributed by atoms with E-state index in [0.29, 0.717) is 6.54 Å². The summed E-state index contributed by atoms with van der Waals surface area (Å²) in [4.78, 5) is 23.3. The minimum atomic E-state index is -0.622. The molecule has 1 aromatic carbocycles. The van der Waals surface area contributed by atoms with Gasteiger partial charge in [-0.1, -0.05) is 11.6 Å². The molecule has 0 bridgehead atoms. The van der Waals surface area contributed by atoms with Gasteiger partial charge in [0.1, 0.15) is 6.54 Å². The van der Waals surface area contributed by atoms with Crippen LogP contribution in [-0.4, -0.2) is 28.8 Å². The van der Waals surface area contributed by atoms with E-state index < -0.39 is 10.8 Å². The van der Waals surface area contributed by atoms with Gasteiger partial charge in [-0.05, 0) is 13.0 Å². The Labute approximate surface area is 109 Å². The van der Waals surface area contributed by atoms with Crippen molar-refractivity contribution in [2.45, 2.75) is 6.92 Å². The molecule has 0 aromatic heterocycles. The number of hydrogen-bond donors (Lipinski definition) is 0. The lowest BCUT2D eigenvalue weighted by Gasteiger charge is -2.17. The van der Waals surface area contributed by atoms with Crippen molar-refractivity contribution in [2.24, 2.45) is 0 Å². The van der Waals surface area contributed by atoms with E-state index >= 15 is 0 Å². The van der Waals surface area contributed by atoms with E-state index in [0.717, 1.165) is 6.07 Å². The summed E-state index contributed by atoms with van der Waals surface area (Å²) in [7, 11) is 0. The lowest BCUT2D eigenvalue weighted by atomic mass is 10.1. The van der Waals surface area contributed by atoms with Gasteiger partial charge in [0.15, 0.2) is 0 Å². The lowest BCUT2D eigenvalue weighted by Crippen LogP contribution is -2.31. The molecule has 0 aliphatic rings. The number of rotatable bonds is 4. The predicted molar refractivity (Wildman–Crippen MR) is 65.3 cm³/mol. The summed E-state index contributed by atoms with van der Waals surface area (Å²) in [5.41, 5.74) is -0.148. The number of amides is 1. The molecule has 7 heteroatoms. The first kappa shape index (κ1) is 13.9. The van der Waals surface area contributed by atoms with Crippen LogP contribution >= 0.6 is 11.6 Å². The zero-order valence-electron chi connectivity index (χ0n) is 9.59. The monoisotopic (exact) mass is 267 g/mol. The summed E-state index contributed by atoms with van der Waals surface area (Å²) in [5.74, 6) is -0.454. The topological polar surface area (TPSA) is 87.2 Å². The molecule has 0 atom stereocenters. The van der Waals surface area contributed by atoms with Crippen LogP contribution in [0, 0.1) is 21.4 Å². The van der Waals surface area contributed by atoms with Crippen molar-refractivity contribution >= 4 is 23.2 Å². The Kier molecular flexibility index (Phi) is 4.63. The molecule has 94 valence electrons. The highest BCUT2D eigenvalue weighted by Crippen LogP contribution is 2.21. The molecule has 1 aromatic rings. The maximum atomic E-state index is 12.0. The third-order valence-electron chi connectivity index (χ3n) is 2.27. The number of carbonyl (C=O) groups is 1. The second-order valence-electron chi connectivity index (χ2n) is 3.43. The van der Waals surface area contributed by atoms with Crippen molar-refractivity contribution in [3.05, 3.63) is 38.9 Å². The minimum Gasteiger partial charge on any atom is -0.326 e. The normalized spacial score (nSPS) is 9.61. The lowest BCUT2D eigenvalue weighted by molar-refractivity contribution is -0.384. The molecule has 18 heavy (non-hydrogen) atoms. The van der Waals surface area contributed by atoms with Crippen molar-refractivity contribution in [1.82, 2.24) is 4.90 Å². The van der Waals surface area contributed by atoms with Crippen molar-refractivity contribution < 1.29 is 9.72 Å². The molecule has 6 nitrogen and oxygen atoms in total. The summed E-state index contributed by atoms with van der Waals surface area (Å²) < 4.78 is 0. The fourth-order valence-electron chi connectivity index (χ4n) is 1.40. The molecule has 1 rings (SSSR count). The largest absolute Gasteiger partial charge is 0.326 e. The fourth-order valence-corrected chi connectivity index (χ4v) is 1.63. The maximum Gasteiger partial charge on any atom is 0.271 e.